The Balaban J connectivity index is 3.70. The Morgan fingerprint density at radius 1 is 1.46 bits per heavy atom. The molecule has 76 valence electrons. The topological polar surface area (TPSA) is 83.8 Å². The van der Waals surface area contributed by atoms with Gasteiger partial charge in [-0.2, -0.15) is 0 Å². The van der Waals surface area contributed by atoms with Crippen LogP contribution < -0.4 is 0 Å². The molecule has 0 aromatic heterocycles. The first-order valence-corrected chi connectivity index (χ1v) is 3.99. The zero-order valence-electron chi connectivity index (χ0n) is 7.69. The van der Waals surface area contributed by atoms with E-state index in [4.69, 9.17) is 14.9 Å². The summed E-state index contributed by atoms with van der Waals surface area (Å²) in [6, 6.07) is 0. The average Bonchev–Trinajstić information content (AvgIpc) is 1.80. The molecule has 5 heteroatoms. The van der Waals surface area contributed by atoms with E-state index in [9.17, 15) is 9.59 Å². The van der Waals surface area contributed by atoms with Crippen LogP contribution >= 0.6 is 0 Å². The van der Waals surface area contributed by atoms with Crippen LogP contribution in [0.5, 0.6) is 0 Å². The summed E-state index contributed by atoms with van der Waals surface area (Å²) in [5, 5.41) is 17.4. The second-order valence-corrected chi connectivity index (χ2v) is 2.91. The largest absolute Gasteiger partial charge is 0.481 e. The summed E-state index contributed by atoms with van der Waals surface area (Å²) in [5.41, 5.74) is 0. The molecule has 0 amide bonds. The van der Waals surface area contributed by atoms with Crippen molar-refractivity contribution in [1.82, 2.24) is 0 Å². The molecular weight excluding hydrogens is 176 g/mol. The van der Waals surface area contributed by atoms with Gasteiger partial charge in [0.2, 0.25) is 0 Å². The molecule has 2 N–H and O–H groups in total. The summed E-state index contributed by atoms with van der Waals surface area (Å²) in [6.07, 6.45) is -1.60. The number of rotatable bonds is 5. The van der Waals surface area contributed by atoms with Gasteiger partial charge in [0.1, 0.15) is 6.10 Å². The molecule has 2 atom stereocenters. The van der Waals surface area contributed by atoms with Gasteiger partial charge in [-0.05, 0) is 6.92 Å². The molecule has 0 aliphatic rings. The van der Waals surface area contributed by atoms with Gasteiger partial charge >= 0.3 is 11.9 Å². The van der Waals surface area contributed by atoms with Crippen LogP contribution in [0.25, 0.3) is 0 Å². The highest BCUT2D eigenvalue weighted by Crippen LogP contribution is 2.05. The maximum absolute atomic E-state index is 10.4. The van der Waals surface area contributed by atoms with Crippen LogP contribution in [0.15, 0.2) is 0 Å². The molecule has 0 radical (unpaired) electrons. The highest BCUT2D eigenvalue weighted by Gasteiger charge is 2.15. The number of aliphatic hydroxyl groups is 1. The maximum atomic E-state index is 10.4. The van der Waals surface area contributed by atoms with Gasteiger partial charge in [-0.3, -0.25) is 9.59 Å². The number of aliphatic carboxylic acids is 1. The van der Waals surface area contributed by atoms with E-state index in [0.717, 1.165) is 0 Å². The van der Waals surface area contributed by atoms with Crippen LogP contribution in [0, 0.1) is 0 Å². The monoisotopic (exact) mass is 190 g/mol. The number of carbonyl (C=O) groups excluding carboxylic acids is 1. The minimum absolute atomic E-state index is 0.145. The number of hydrogen-bond acceptors (Lipinski definition) is 4. The first-order chi connectivity index (χ1) is 5.91. The summed E-state index contributed by atoms with van der Waals surface area (Å²) < 4.78 is 4.71. The molecule has 0 saturated carbocycles. The number of aliphatic hydroxyl groups excluding tert-OH is 1. The molecule has 13 heavy (non-hydrogen) atoms. The lowest BCUT2D eigenvalue weighted by Gasteiger charge is -2.14. The lowest BCUT2D eigenvalue weighted by molar-refractivity contribution is -0.147. The Hall–Kier alpha value is -1.10. The van der Waals surface area contributed by atoms with Gasteiger partial charge in [-0.25, -0.2) is 0 Å². The predicted molar refractivity (Wildman–Crippen MR) is 44.1 cm³/mol. The van der Waals surface area contributed by atoms with Gasteiger partial charge in [0.05, 0.1) is 12.5 Å². The van der Waals surface area contributed by atoms with Gasteiger partial charge in [0.15, 0.2) is 0 Å². The van der Waals surface area contributed by atoms with Gasteiger partial charge in [-0.15, -0.1) is 0 Å². The minimum Gasteiger partial charge on any atom is -0.481 e. The van der Waals surface area contributed by atoms with E-state index >= 15 is 0 Å². The molecule has 0 rings (SSSR count). The summed E-state index contributed by atoms with van der Waals surface area (Å²) in [4.78, 5) is 20.6. The SMILES string of the molecule is CC(=O)OC(C)CC(O)CC(=O)O. The standard InChI is InChI=1S/C8H14O5/c1-5(13-6(2)9)3-7(10)4-8(11)12/h5,7,10H,3-4H2,1-2H3,(H,11,12). The number of carboxylic acid groups (broad SMARTS) is 1. The normalized spacial score (nSPS) is 14.7. The summed E-state index contributed by atoms with van der Waals surface area (Å²) in [5.74, 6) is -1.50. The molecule has 0 saturated heterocycles. The van der Waals surface area contributed by atoms with Crippen molar-refractivity contribution in [3.05, 3.63) is 0 Å². The number of esters is 1. The number of carboxylic acids is 1. The number of ether oxygens (including phenoxy) is 1. The molecule has 2 unspecified atom stereocenters. The van der Waals surface area contributed by atoms with E-state index in [1.807, 2.05) is 0 Å². The van der Waals surface area contributed by atoms with E-state index < -0.39 is 24.1 Å². The van der Waals surface area contributed by atoms with Gasteiger partial charge in [0, 0.05) is 13.3 Å². The van der Waals surface area contributed by atoms with Crippen molar-refractivity contribution in [2.45, 2.75) is 38.9 Å². The predicted octanol–water partition coefficient (Wildman–Crippen LogP) is 0.164. The second-order valence-electron chi connectivity index (χ2n) is 2.91. The van der Waals surface area contributed by atoms with Crippen LogP contribution in [-0.4, -0.2) is 34.4 Å². The molecule has 0 heterocycles. The molecule has 0 spiro atoms. The fourth-order valence-corrected chi connectivity index (χ4v) is 0.999. The smallest absolute Gasteiger partial charge is 0.305 e. The summed E-state index contributed by atoms with van der Waals surface area (Å²) >= 11 is 0. The maximum Gasteiger partial charge on any atom is 0.305 e. The molecule has 0 aliphatic heterocycles. The Bertz CT molecular complexity index is 169. The van der Waals surface area contributed by atoms with Crippen LogP contribution in [0.4, 0.5) is 0 Å². The molecule has 0 aliphatic carbocycles. The van der Waals surface area contributed by atoms with E-state index in [1.54, 1.807) is 6.92 Å². The van der Waals surface area contributed by atoms with Crippen LogP contribution in [0.2, 0.25) is 0 Å². The van der Waals surface area contributed by atoms with Crippen molar-refractivity contribution in [1.29, 1.82) is 0 Å². The lowest BCUT2D eigenvalue weighted by Crippen LogP contribution is -2.22. The van der Waals surface area contributed by atoms with Crippen molar-refractivity contribution >= 4 is 11.9 Å². The Labute approximate surface area is 76.3 Å². The van der Waals surface area contributed by atoms with Gasteiger partial charge in [0.25, 0.3) is 0 Å². The fourth-order valence-electron chi connectivity index (χ4n) is 0.999. The molecule has 0 aromatic rings. The van der Waals surface area contributed by atoms with E-state index in [-0.39, 0.29) is 12.8 Å². The summed E-state index contributed by atoms with van der Waals surface area (Å²) in [6.45, 7) is 2.87. The van der Waals surface area contributed by atoms with Crippen LogP contribution in [0.3, 0.4) is 0 Å². The highest BCUT2D eigenvalue weighted by molar-refractivity contribution is 5.67. The molecule has 0 fully saturated rings. The van der Waals surface area contributed by atoms with E-state index in [2.05, 4.69) is 0 Å². The molecule has 5 nitrogen and oxygen atoms in total. The third-order valence-electron chi connectivity index (χ3n) is 1.38. The van der Waals surface area contributed by atoms with Crippen molar-refractivity contribution in [3.8, 4) is 0 Å². The molecular formula is C8H14O5. The zero-order chi connectivity index (χ0) is 10.4. The van der Waals surface area contributed by atoms with Crippen molar-refractivity contribution in [2.75, 3.05) is 0 Å². The Kier molecular flexibility index (Phi) is 5.06. The molecule has 0 bridgehead atoms. The fraction of sp³-hybridized carbons (Fsp3) is 0.750. The van der Waals surface area contributed by atoms with Gasteiger partial charge in [-0.1, -0.05) is 0 Å². The minimum atomic E-state index is -1.07. The molecule has 0 aromatic carbocycles. The first-order valence-electron chi connectivity index (χ1n) is 3.99. The average molecular weight is 190 g/mol. The van der Waals surface area contributed by atoms with Crippen molar-refractivity contribution in [2.24, 2.45) is 0 Å². The highest BCUT2D eigenvalue weighted by atomic mass is 16.5. The van der Waals surface area contributed by atoms with E-state index in [0.29, 0.717) is 0 Å². The third-order valence-corrected chi connectivity index (χ3v) is 1.38. The van der Waals surface area contributed by atoms with Gasteiger partial charge < -0.3 is 14.9 Å². The van der Waals surface area contributed by atoms with Crippen LogP contribution in [-0.2, 0) is 14.3 Å². The number of carbonyl (C=O) groups is 2. The van der Waals surface area contributed by atoms with Crippen molar-refractivity contribution < 1.29 is 24.5 Å². The van der Waals surface area contributed by atoms with E-state index in [1.165, 1.54) is 6.92 Å². The lowest BCUT2D eigenvalue weighted by atomic mass is 10.1. The summed E-state index contributed by atoms with van der Waals surface area (Å²) in [7, 11) is 0. The third kappa shape index (κ3) is 7.27. The Morgan fingerprint density at radius 3 is 2.38 bits per heavy atom. The number of hydrogen-bond donors (Lipinski definition) is 2. The quantitative estimate of drug-likeness (QED) is 0.603. The van der Waals surface area contributed by atoms with Crippen molar-refractivity contribution in [3.63, 3.8) is 0 Å². The first kappa shape index (κ1) is 11.9. The zero-order valence-corrected chi connectivity index (χ0v) is 7.69. The second kappa shape index (κ2) is 5.53. The van der Waals surface area contributed by atoms with Crippen LogP contribution in [0.1, 0.15) is 26.7 Å². The Morgan fingerprint density at radius 2 is 2.00 bits per heavy atom.